The molecule has 2 unspecified atom stereocenters. The summed E-state index contributed by atoms with van der Waals surface area (Å²) in [5, 5.41) is 0. The Hall–Kier alpha value is -1.16. The largest absolute Gasteiger partial charge is 0.344 e. The van der Waals surface area contributed by atoms with Crippen molar-refractivity contribution in [2.75, 3.05) is 6.54 Å². The number of carbonyl (C=O) groups is 2. The van der Waals surface area contributed by atoms with E-state index in [1.54, 1.807) is 0 Å². The molecule has 3 N–H and O–H groups in total. The van der Waals surface area contributed by atoms with Gasteiger partial charge in [-0.1, -0.05) is 31.9 Å². The van der Waals surface area contributed by atoms with Crippen LogP contribution in [0.2, 0.25) is 0 Å². The van der Waals surface area contributed by atoms with Crippen LogP contribution in [-0.4, -0.2) is 23.3 Å². The second-order valence-corrected chi connectivity index (χ2v) is 4.69. The highest BCUT2D eigenvalue weighted by atomic mass is 16.2. The van der Waals surface area contributed by atoms with E-state index in [9.17, 15) is 9.59 Å². The molecule has 96 valence electrons. The fraction of sp³-hybridized carbons (Fsp3) is 0.692. The minimum atomic E-state index is -0.0564. The van der Waals surface area contributed by atoms with Crippen molar-refractivity contribution in [2.24, 2.45) is 11.8 Å². The summed E-state index contributed by atoms with van der Waals surface area (Å²) in [6.07, 6.45) is 8.71. The molecule has 17 heavy (non-hydrogen) atoms. The van der Waals surface area contributed by atoms with Gasteiger partial charge in [0.2, 0.25) is 11.8 Å². The van der Waals surface area contributed by atoms with Crippen molar-refractivity contribution in [2.45, 2.75) is 39.0 Å². The van der Waals surface area contributed by atoms with Crippen molar-refractivity contribution in [1.82, 2.24) is 11.1 Å². The maximum absolute atomic E-state index is 12.0. The highest BCUT2D eigenvalue weighted by molar-refractivity contribution is 6.05. The third kappa shape index (κ3) is 2.57. The molecule has 0 spiro atoms. The van der Waals surface area contributed by atoms with Crippen molar-refractivity contribution in [1.29, 1.82) is 0 Å². The van der Waals surface area contributed by atoms with E-state index in [0.717, 1.165) is 32.1 Å². The smallest absolute Gasteiger partial charge is 0.233 e. The van der Waals surface area contributed by atoms with Gasteiger partial charge in [0, 0.05) is 6.54 Å². The summed E-state index contributed by atoms with van der Waals surface area (Å²) in [4.78, 5) is 25.5. The highest BCUT2D eigenvalue weighted by Gasteiger charge is 2.46. The molecule has 2 rings (SSSR count). The Bertz CT molecular complexity index is 299. The molecule has 1 aliphatic heterocycles. The Morgan fingerprint density at radius 2 is 1.65 bits per heavy atom. The third-order valence-corrected chi connectivity index (χ3v) is 3.58. The first-order valence-electron chi connectivity index (χ1n) is 6.26. The fourth-order valence-electron chi connectivity index (χ4n) is 2.61. The van der Waals surface area contributed by atoms with Gasteiger partial charge in [-0.3, -0.25) is 14.5 Å². The molecule has 2 amide bonds. The van der Waals surface area contributed by atoms with Gasteiger partial charge in [-0.05, 0) is 19.3 Å². The van der Waals surface area contributed by atoms with Crippen molar-refractivity contribution in [3.63, 3.8) is 0 Å². The van der Waals surface area contributed by atoms with E-state index in [1.165, 1.54) is 4.90 Å². The number of unbranched alkanes of at least 4 members (excludes halogenated alkanes) is 2. The van der Waals surface area contributed by atoms with Gasteiger partial charge >= 0.3 is 0 Å². The molecule has 4 heteroatoms. The summed E-state index contributed by atoms with van der Waals surface area (Å²) in [5.74, 6) is 0.0177. The first kappa shape index (κ1) is 13.9. The molecule has 0 aromatic carbocycles. The van der Waals surface area contributed by atoms with Gasteiger partial charge in [-0.15, -0.1) is 0 Å². The van der Waals surface area contributed by atoms with Gasteiger partial charge in [0.25, 0.3) is 0 Å². The van der Waals surface area contributed by atoms with E-state index in [0.29, 0.717) is 6.54 Å². The number of hydrogen-bond acceptors (Lipinski definition) is 3. The number of allylic oxidation sites excluding steroid dienone is 2. The first-order valence-corrected chi connectivity index (χ1v) is 6.26. The summed E-state index contributed by atoms with van der Waals surface area (Å²) in [6.45, 7) is 2.75. The average molecular weight is 238 g/mol. The second kappa shape index (κ2) is 5.96. The van der Waals surface area contributed by atoms with Gasteiger partial charge in [-0.25, -0.2) is 0 Å². The van der Waals surface area contributed by atoms with Crippen LogP contribution in [-0.2, 0) is 9.59 Å². The molecule has 0 aromatic heterocycles. The van der Waals surface area contributed by atoms with Crippen molar-refractivity contribution < 1.29 is 9.59 Å². The quantitative estimate of drug-likeness (QED) is 0.464. The van der Waals surface area contributed by atoms with Crippen LogP contribution in [0.5, 0.6) is 0 Å². The molecule has 2 aliphatic rings. The van der Waals surface area contributed by atoms with Crippen LogP contribution in [0, 0.1) is 11.8 Å². The molecule has 4 nitrogen and oxygen atoms in total. The average Bonchev–Trinajstić information content (AvgIpc) is 2.55. The van der Waals surface area contributed by atoms with Gasteiger partial charge in [-0.2, -0.15) is 0 Å². The van der Waals surface area contributed by atoms with Crippen LogP contribution in [0.1, 0.15) is 39.0 Å². The van der Waals surface area contributed by atoms with E-state index in [2.05, 4.69) is 6.92 Å². The molecule has 2 atom stereocenters. The molecule has 0 radical (unpaired) electrons. The SMILES string of the molecule is CCCCCN1C(=O)C2CC=CCC2C1=O.N. The van der Waals surface area contributed by atoms with Crippen molar-refractivity contribution in [3.05, 3.63) is 12.2 Å². The Morgan fingerprint density at radius 1 is 1.12 bits per heavy atom. The number of rotatable bonds is 4. The van der Waals surface area contributed by atoms with Crippen LogP contribution in [0.25, 0.3) is 0 Å². The zero-order valence-corrected chi connectivity index (χ0v) is 10.5. The summed E-state index contributed by atoms with van der Waals surface area (Å²) in [6, 6.07) is 0. The maximum Gasteiger partial charge on any atom is 0.233 e. The first-order chi connectivity index (χ1) is 7.75. The Balaban J connectivity index is 0.00000144. The molecule has 1 aliphatic carbocycles. The number of amides is 2. The maximum atomic E-state index is 12.0. The molecule has 1 heterocycles. The summed E-state index contributed by atoms with van der Waals surface area (Å²) in [5.41, 5.74) is 0. The standard InChI is InChI=1S/C13H19NO2.H3N/c1-2-3-6-9-14-12(15)10-7-4-5-8-11(10)13(14)16;/h4-5,10-11H,2-3,6-9H2,1H3;1H3. The highest BCUT2D eigenvalue weighted by Crippen LogP contribution is 2.35. The second-order valence-electron chi connectivity index (χ2n) is 4.69. The topological polar surface area (TPSA) is 72.4 Å². The number of hydrogen-bond donors (Lipinski definition) is 1. The lowest BCUT2D eigenvalue weighted by molar-refractivity contribution is -0.139. The van der Waals surface area contributed by atoms with Crippen LogP contribution in [0.15, 0.2) is 12.2 Å². The Morgan fingerprint density at radius 3 is 2.12 bits per heavy atom. The normalized spacial score (nSPS) is 27.0. The Labute approximate surface area is 103 Å². The van der Waals surface area contributed by atoms with Crippen molar-refractivity contribution in [3.8, 4) is 0 Å². The van der Waals surface area contributed by atoms with Crippen LogP contribution >= 0.6 is 0 Å². The van der Waals surface area contributed by atoms with E-state index in [-0.39, 0.29) is 29.8 Å². The van der Waals surface area contributed by atoms with E-state index in [1.807, 2.05) is 12.2 Å². The number of nitrogens with zero attached hydrogens (tertiary/aromatic N) is 1. The molecule has 1 fully saturated rings. The number of likely N-dealkylation sites (tertiary alicyclic amines) is 1. The molecular weight excluding hydrogens is 216 g/mol. The van der Waals surface area contributed by atoms with E-state index in [4.69, 9.17) is 0 Å². The summed E-state index contributed by atoms with van der Waals surface area (Å²) < 4.78 is 0. The van der Waals surface area contributed by atoms with E-state index < -0.39 is 0 Å². The zero-order chi connectivity index (χ0) is 11.5. The van der Waals surface area contributed by atoms with Gasteiger partial charge in [0.05, 0.1) is 11.8 Å². The molecule has 0 aromatic rings. The Kier molecular flexibility index (Phi) is 4.87. The summed E-state index contributed by atoms with van der Waals surface area (Å²) >= 11 is 0. The fourth-order valence-corrected chi connectivity index (χ4v) is 2.61. The molecule has 1 saturated heterocycles. The van der Waals surface area contributed by atoms with Crippen LogP contribution < -0.4 is 6.15 Å². The number of imide groups is 1. The molecule has 0 saturated carbocycles. The minimum absolute atomic E-state index is 0. The number of fused-ring (bicyclic) bond motifs is 1. The van der Waals surface area contributed by atoms with Gasteiger partial charge < -0.3 is 6.15 Å². The summed E-state index contributed by atoms with van der Waals surface area (Å²) in [7, 11) is 0. The predicted octanol–water partition coefficient (Wildman–Crippen LogP) is 2.29. The minimum Gasteiger partial charge on any atom is -0.344 e. The monoisotopic (exact) mass is 238 g/mol. The molecule has 0 bridgehead atoms. The zero-order valence-electron chi connectivity index (χ0n) is 10.5. The van der Waals surface area contributed by atoms with Gasteiger partial charge in [0.1, 0.15) is 0 Å². The van der Waals surface area contributed by atoms with E-state index >= 15 is 0 Å². The van der Waals surface area contributed by atoms with Crippen LogP contribution in [0.3, 0.4) is 0 Å². The van der Waals surface area contributed by atoms with Crippen molar-refractivity contribution >= 4 is 11.8 Å². The van der Waals surface area contributed by atoms with Gasteiger partial charge in [0.15, 0.2) is 0 Å². The molecular formula is C13H22N2O2. The third-order valence-electron chi connectivity index (χ3n) is 3.58. The number of carbonyl (C=O) groups excluding carboxylic acids is 2. The lowest BCUT2D eigenvalue weighted by Gasteiger charge is -2.14. The lowest BCUT2D eigenvalue weighted by Crippen LogP contribution is -2.32. The van der Waals surface area contributed by atoms with Crippen LogP contribution in [0.4, 0.5) is 0 Å². The predicted molar refractivity (Wildman–Crippen MR) is 66.6 cm³/mol. The lowest BCUT2D eigenvalue weighted by atomic mass is 9.85.